The van der Waals surface area contributed by atoms with Crippen LogP contribution in [0.15, 0.2) is 24.3 Å². The first kappa shape index (κ1) is 19.9. The molecule has 2 amide bonds. The minimum Gasteiger partial charge on any atom is -0.380 e. The minimum atomic E-state index is 0.0388. The van der Waals surface area contributed by atoms with Gasteiger partial charge in [-0.25, -0.2) is 0 Å². The fraction of sp³-hybridized carbons (Fsp3) is 0.636. The van der Waals surface area contributed by atoms with E-state index in [0.717, 1.165) is 17.9 Å². The Hall–Kier alpha value is -1.88. The largest absolute Gasteiger partial charge is 0.380 e. The smallest absolute Gasteiger partial charge is 0.254 e. The molecule has 1 aliphatic heterocycles. The number of carbonyl (C=O) groups is 2. The molecule has 2 fully saturated rings. The van der Waals surface area contributed by atoms with Crippen LogP contribution in [0.1, 0.15) is 60.9 Å². The number of ether oxygens (including phenoxy) is 1. The molecule has 1 saturated heterocycles. The summed E-state index contributed by atoms with van der Waals surface area (Å²) in [5.74, 6) is 1.03. The van der Waals surface area contributed by atoms with Gasteiger partial charge in [0.2, 0.25) is 5.91 Å². The molecule has 1 heterocycles. The Bertz CT molecular complexity index is 632. The van der Waals surface area contributed by atoms with Crippen molar-refractivity contribution in [2.24, 2.45) is 5.92 Å². The summed E-state index contributed by atoms with van der Waals surface area (Å²) in [7, 11) is 1.64. The summed E-state index contributed by atoms with van der Waals surface area (Å²) < 4.78 is 5.21. The summed E-state index contributed by atoms with van der Waals surface area (Å²) in [5, 5.41) is 0. The molecule has 1 aliphatic carbocycles. The van der Waals surface area contributed by atoms with Gasteiger partial charge in [-0.05, 0) is 24.0 Å². The Kier molecular flexibility index (Phi) is 7.27. The number of hydrogen-bond acceptors (Lipinski definition) is 3. The fourth-order valence-electron chi connectivity index (χ4n) is 4.30. The first-order valence-electron chi connectivity index (χ1n) is 10.3. The zero-order chi connectivity index (χ0) is 19.1. The van der Waals surface area contributed by atoms with Crippen LogP contribution in [0.2, 0.25) is 0 Å². The molecule has 1 aromatic rings. The average molecular weight is 373 g/mol. The summed E-state index contributed by atoms with van der Waals surface area (Å²) in [6.07, 6.45) is 8.27. The number of hydrogen-bond donors (Lipinski definition) is 0. The number of methoxy groups -OCH3 is 1. The van der Waals surface area contributed by atoms with Crippen LogP contribution in [-0.4, -0.2) is 54.9 Å². The minimum absolute atomic E-state index is 0.0388. The van der Waals surface area contributed by atoms with E-state index >= 15 is 0 Å². The quantitative estimate of drug-likeness (QED) is 0.768. The standard InChI is InChI=1S/C22H32N2O3/c1-27-17-19-9-5-6-10-20(19)22(26)24-15-13-23(14-16-24)21(25)12-11-18-7-3-2-4-8-18/h5-6,9-10,18H,2-4,7-8,11-17H2,1H3. The molecule has 0 radical (unpaired) electrons. The van der Waals surface area contributed by atoms with Gasteiger partial charge in [-0.15, -0.1) is 0 Å². The van der Waals surface area contributed by atoms with Crippen LogP contribution in [0.4, 0.5) is 0 Å². The zero-order valence-electron chi connectivity index (χ0n) is 16.5. The monoisotopic (exact) mass is 372 g/mol. The van der Waals surface area contributed by atoms with E-state index in [-0.39, 0.29) is 11.8 Å². The van der Waals surface area contributed by atoms with E-state index in [1.54, 1.807) is 7.11 Å². The topological polar surface area (TPSA) is 49.9 Å². The molecule has 1 aromatic carbocycles. The molecule has 0 spiro atoms. The predicted octanol–water partition coefficient (Wildman–Crippen LogP) is 3.48. The van der Waals surface area contributed by atoms with Crippen molar-refractivity contribution in [3.8, 4) is 0 Å². The van der Waals surface area contributed by atoms with Crippen molar-refractivity contribution in [1.82, 2.24) is 9.80 Å². The Morgan fingerprint density at radius 2 is 1.67 bits per heavy atom. The van der Waals surface area contributed by atoms with Crippen LogP contribution in [-0.2, 0) is 16.1 Å². The van der Waals surface area contributed by atoms with Gasteiger partial charge in [-0.2, -0.15) is 0 Å². The molecular weight excluding hydrogens is 340 g/mol. The van der Waals surface area contributed by atoms with E-state index in [1.807, 2.05) is 34.1 Å². The maximum Gasteiger partial charge on any atom is 0.254 e. The summed E-state index contributed by atoms with van der Waals surface area (Å²) in [6, 6.07) is 7.60. The molecule has 1 saturated carbocycles. The van der Waals surface area contributed by atoms with E-state index in [1.165, 1.54) is 32.1 Å². The summed E-state index contributed by atoms with van der Waals surface area (Å²) in [6.45, 7) is 2.93. The SMILES string of the molecule is COCc1ccccc1C(=O)N1CCN(C(=O)CCC2CCCCC2)CC1. The molecule has 0 N–H and O–H groups in total. The highest BCUT2D eigenvalue weighted by atomic mass is 16.5. The van der Waals surface area contributed by atoms with Gasteiger partial charge in [0.1, 0.15) is 0 Å². The van der Waals surface area contributed by atoms with E-state index in [2.05, 4.69) is 0 Å². The molecule has 0 atom stereocenters. The zero-order valence-corrected chi connectivity index (χ0v) is 16.5. The van der Waals surface area contributed by atoms with E-state index in [9.17, 15) is 9.59 Å². The first-order chi connectivity index (χ1) is 13.2. The van der Waals surface area contributed by atoms with Gasteiger partial charge >= 0.3 is 0 Å². The highest BCUT2D eigenvalue weighted by Crippen LogP contribution is 2.27. The molecule has 3 rings (SSSR count). The molecular formula is C22H32N2O3. The van der Waals surface area contributed by atoms with Crippen LogP contribution in [0, 0.1) is 5.92 Å². The molecule has 0 aromatic heterocycles. The number of benzene rings is 1. The second-order valence-corrected chi connectivity index (χ2v) is 7.81. The van der Waals surface area contributed by atoms with Crippen molar-refractivity contribution in [2.75, 3.05) is 33.3 Å². The number of carbonyl (C=O) groups excluding carboxylic acids is 2. The third-order valence-corrected chi connectivity index (χ3v) is 5.96. The summed E-state index contributed by atoms with van der Waals surface area (Å²) in [4.78, 5) is 29.2. The lowest BCUT2D eigenvalue weighted by atomic mass is 9.86. The van der Waals surface area contributed by atoms with Crippen molar-refractivity contribution in [3.05, 3.63) is 35.4 Å². The maximum atomic E-state index is 12.9. The number of nitrogens with zero attached hydrogens (tertiary/aromatic N) is 2. The van der Waals surface area contributed by atoms with Crippen molar-refractivity contribution in [1.29, 1.82) is 0 Å². The Morgan fingerprint density at radius 1 is 1.00 bits per heavy atom. The van der Waals surface area contributed by atoms with Crippen LogP contribution >= 0.6 is 0 Å². The second kappa shape index (κ2) is 9.88. The van der Waals surface area contributed by atoms with Crippen LogP contribution in [0.5, 0.6) is 0 Å². The van der Waals surface area contributed by atoms with Crippen molar-refractivity contribution >= 4 is 11.8 Å². The molecule has 5 nitrogen and oxygen atoms in total. The lowest BCUT2D eigenvalue weighted by Crippen LogP contribution is -2.50. The number of rotatable bonds is 6. The van der Waals surface area contributed by atoms with Gasteiger partial charge in [0.05, 0.1) is 6.61 Å². The number of piperazine rings is 1. The normalized spacial score (nSPS) is 18.6. The Morgan fingerprint density at radius 3 is 2.37 bits per heavy atom. The molecule has 148 valence electrons. The van der Waals surface area contributed by atoms with Gasteiger partial charge in [0.15, 0.2) is 0 Å². The van der Waals surface area contributed by atoms with E-state index in [0.29, 0.717) is 44.8 Å². The van der Waals surface area contributed by atoms with E-state index < -0.39 is 0 Å². The highest BCUT2D eigenvalue weighted by Gasteiger charge is 2.26. The lowest BCUT2D eigenvalue weighted by Gasteiger charge is -2.35. The highest BCUT2D eigenvalue weighted by molar-refractivity contribution is 5.95. The summed E-state index contributed by atoms with van der Waals surface area (Å²) >= 11 is 0. The molecule has 5 heteroatoms. The van der Waals surface area contributed by atoms with Crippen LogP contribution < -0.4 is 0 Å². The Balaban J connectivity index is 1.48. The fourth-order valence-corrected chi connectivity index (χ4v) is 4.30. The van der Waals surface area contributed by atoms with Crippen LogP contribution in [0.25, 0.3) is 0 Å². The third-order valence-electron chi connectivity index (χ3n) is 5.96. The lowest BCUT2D eigenvalue weighted by molar-refractivity contribution is -0.133. The van der Waals surface area contributed by atoms with Gasteiger partial charge in [-0.1, -0.05) is 50.3 Å². The molecule has 27 heavy (non-hydrogen) atoms. The second-order valence-electron chi connectivity index (χ2n) is 7.81. The van der Waals surface area contributed by atoms with Gasteiger partial charge in [-0.3, -0.25) is 9.59 Å². The van der Waals surface area contributed by atoms with E-state index in [4.69, 9.17) is 4.74 Å². The van der Waals surface area contributed by atoms with Gasteiger partial charge in [0, 0.05) is 45.3 Å². The van der Waals surface area contributed by atoms with Crippen molar-refractivity contribution in [3.63, 3.8) is 0 Å². The number of amides is 2. The summed E-state index contributed by atoms with van der Waals surface area (Å²) in [5.41, 5.74) is 1.62. The average Bonchev–Trinajstić information content (AvgIpc) is 2.73. The molecule has 2 aliphatic rings. The maximum absolute atomic E-state index is 12.9. The third kappa shape index (κ3) is 5.32. The molecule has 0 unspecified atom stereocenters. The Labute approximate surface area is 162 Å². The first-order valence-corrected chi connectivity index (χ1v) is 10.3. The predicted molar refractivity (Wildman–Crippen MR) is 105 cm³/mol. The van der Waals surface area contributed by atoms with Crippen LogP contribution in [0.3, 0.4) is 0 Å². The van der Waals surface area contributed by atoms with Crippen molar-refractivity contribution in [2.45, 2.75) is 51.6 Å². The van der Waals surface area contributed by atoms with Gasteiger partial charge < -0.3 is 14.5 Å². The molecule has 0 bridgehead atoms. The van der Waals surface area contributed by atoms with Gasteiger partial charge in [0.25, 0.3) is 5.91 Å². The van der Waals surface area contributed by atoms with Crippen molar-refractivity contribution < 1.29 is 14.3 Å².